The van der Waals surface area contributed by atoms with Crippen LogP contribution in [0.3, 0.4) is 0 Å². The lowest BCUT2D eigenvalue weighted by atomic mass is 9.50. The van der Waals surface area contributed by atoms with Crippen molar-refractivity contribution >= 4 is 21.9 Å². The molecule has 4 nitrogen and oxygen atoms in total. The molecule has 35 heavy (non-hydrogen) atoms. The van der Waals surface area contributed by atoms with Gasteiger partial charge in [0.15, 0.2) is 0 Å². The standard InChI is InChI=1S/C30H33BrN2O2/c1-4-10-29-11-14-30(15-12-29,16-13-29)26-9-8-22(24(18-32)25(26)19-33)20(3)23-7-6-21(17-27(23)31)35-28(34)5-2/h6-9,17,20H,4-5,10-16H2,1-3H3. The smallest absolute Gasteiger partial charge is 0.310 e. The van der Waals surface area contributed by atoms with Crippen LogP contribution in [0.4, 0.5) is 0 Å². The Labute approximate surface area is 217 Å². The number of carbonyl (C=O) groups is 1. The first-order chi connectivity index (χ1) is 16.8. The molecule has 3 saturated carbocycles. The molecule has 0 aliphatic heterocycles. The third-order valence-corrected chi connectivity index (χ3v) is 9.33. The summed E-state index contributed by atoms with van der Waals surface area (Å²) in [5.41, 5.74) is 4.50. The molecule has 0 radical (unpaired) electrons. The average Bonchev–Trinajstić information content (AvgIpc) is 2.88. The topological polar surface area (TPSA) is 73.9 Å². The Morgan fingerprint density at radius 1 is 1.00 bits per heavy atom. The first-order valence-electron chi connectivity index (χ1n) is 12.8. The molecule has 5 rings (SSSR count). The van der Waals surface area contributed by atoms with E-state index in [9.17, 15) is 15.3 Å². The predicted molar refractivity (Wildman–Crippen MR) is 140 cm³/mol. The molecule has 0 aromatic heterocycles. The van der Waals surface area contributed by atoms with Crippen LogP contribution in [0.5, 0.6) is 5.75 Å². The number of hydrogen-bond donors (Lipinski definition) is 0. The van der Waals surface area contributed by atoms with Gasteiger partial charge in [-0.2, -0.15) is 10.5 Å². The maximum Gasteiger partial charge on any atom is 0.310 e. The lowest BCUT2D eigenvalue weighted by Gasteiger charge is -2.54. The Kier molecular flexibility index (Phi) is 7.39. The quantitative estimate of drug-likeness (QED) is 0.267. The van der Waals surface area contributed by atoms with Crippen molar-refractivity contribution in [1.29, 1.82) is 10.5 Å². The normalized spacial score (nSPS) is 23.8. The number of benzene rings is 2. The summed E-state index contributed by atoms with van der Waals surface area (Å²) in [6.45, 7) is 6.09. The summed E-state index contributed by atoms with van der Waals surface area (Å²) in [4.78, 5) is 11.6. The zero-order chi connectivity index (χ0) is 25.2. The van der Waals surface area contributed by atoms with E-state index in [0.29, 0.717) is 28.7 Å². The van der Waals surface area contributed by atoms with Gasteiger partial charge in [-0.3, -0.25) is 4.79 Å². The van der Waals surface area contributed by atoms with E-state index >= 15 is 0 Å². The molecule has 1 atom stereocenters. The van der Waals surface area contributed by atoms with Gasteiger partial charge in [0.25, 0.3) is 0 Å². The fraction of sp³-hybridized carbons (Fsp3) is 0.500. The van der Waals surface area contributed by atoms with Crippen LogP contribution in [0.15, 0.2) is 34.8 Å². The Hall–Kier alpha value is -2.63. The number of halogens is 1. The van der Waals surface area contributed by atoms with Crippen molar-refractivity contribution in [2.75, 3.05) is 0 Å². The highest BCUT2D eigenvalue weighted by Crippen LogP contribution is 2.60. The zero-order valence-corrected chi connectivity index (χ0v) is 22.5. The van der Waals surface area contributed by atoms with Crippen LogP contribution in [0.25, 0.3) is 0 Å². The molecule has 0 spiro atoms. The maximum atomic E-state index is 11.6. The summed E-state index contributed by atoms with van der Waals surface area (Å²) in [6, 6.07) is 14.5. The van der Waals surface area contributed by atoms with Crippen molar-refractivity contribution in [3.63, 3.8) is 0 Å². The van der Waals surface area contributed by atoms with Gasteiger partial charge in [-0.25, -0.2) is 0 Å². The predicted octanol–water partition coefficient (Wildman–Crippen LogP) is 8.05. The molecule has 182 valence electrons. The molecule has 2 aromatic rings. The number of esters is 1. The van der Waals surface area contributed by atoms with Gasteiger partial charge >= 0.3 is 5.97 Å². The van der Waals surface area contributed by atoms with Gasteiger partial charge in [-0.1, -0.05) is 61.3 Å². The van der Waals surface area contributed by atoms with E-state index in [0.717, 1.165) is 40.4 Å². The first-order valence-corrected chi connectivity index (χ1v) is 13.6. The summed E-state index contributed by atoms with van der Waals surface area (Å²) >= 11 is 3.62. The molecule has 0 N–H and O–H groups in total. The zero-order valence-electron chi connectivity index (χ0n) is 20.9. The van der Waals surface area contributed by atoms with E-state index < -0.39 is 0 Å². The van der Waals surface area contributed by atoms with E-state index in [2.05, 4.69) is 47.1 Å². The fourth-order valence-electron chi connectivity index (χ4n) is 6.52. The van der Waals surface area contributed by atoms with E-state index in [-0.39, 0.29) is 17.3 Å². The van der Waals surface area contributed by atoms with Crippen LogP contribution >= 0.6 is 15.9 Å². The van der Waals surface area contributed by atoms with E-state index in [1.807, 2.05) is 13.0 Å². The SMILES string of the molecule is CCCC12CCC(c3ccc(C(C)c4ccc(OC(=O)CC)cc4Br)c(C#N)c3C#N)(CC1)CC2. The number of fused-ring (bicyclic) bond motifs is 3. The Morgan fingerprint density at radius 2 is 1.63 bits per heavy atom. The van der Waals surface area contributed by atoms with E-state index in [1.165, 1.54) is 32.1 Å². The highest BCUT2D eigenvalue weighted by atomic mass is 79.9. The van der Waals surface area contributed by atoms with Gasteiger partial charge in [-0.15, -0.1) is 0 Å². The monoisotopic (exact) mass is 532 g/mol. The van der Waals surface area contributed by atoms with Crippen molar-refractivity contribution < 1.29 is 9.53 Å². The molecule has 3 fully saturated rings. The minimum atomic E-state index is -0.282. The number of rotatable bonds is 7. The van der Waals surface area contributed by atoms with Gasteiger partial charge in [0, 0.05) is 16.8 Å². The minimum Gasteiger partial charge on any atom is -0.426 e. The van der Waals surface area contributed by atoms with E-state index in [4.69, 9.17) is 4.74 Å². The number of nitrogens with zero attached hydrogens (tertiary/aromatic N) is 2. The van der Waals surface area contributed by atoms with Crippen LogP contribution < -0.4 is 4.74 Å². The van der Waals surface area contributed by atoms with Crippen LogP contribution in [-0.2, 0) is 10.2 Å². The molecule has 5 heteroatoms. The largest absolute Gasteiger partial charge is 0.426 e. The molecular weight excluding hydrogens is 500 g/mol. The Bertz CT molecular complexity index is 1200. The highest BCUT2D eigenvalue weighted by Gasteiger charge is 2.49. The average molecular weight is 534 g/mol. The van der Waals surface area contributed by atoms with Crippen LogP contribution in [-0.4, -0.2) is 5.97 Å². The lowest BCUT2D eigenvalue weighted by molar-refractivity contribution is -0.134. The summed E-state index contributed by atoms with van der Waals surface area (Å²) in [5, 5.41) is 20.4. The Balaban J connectivity index is 1.68. The summed E-state index contributed by atoms with van der Waals surface area (Å²) in [6.07, 6.45) is 9.89. The van der Waals surface area contributed by atoms with Crippen LogP contribution in [0.2, 0.25) is 0 Å². The van der Waals surface area contributed by atoms with Gasteiger partial charge in [-0.05, 0) is 84.6 Å². The lowest BCUT2D eigenvalue weighted by Crippen LogP contribution is -2.44. The molecule has 0 heterocycles. The molecule has 3 aliphatic rings. The summed E-state index contributed by atoms with van der Waals surface area (Å²) < 4.78 is 6.14. The second kappa shape index (κ2) is 10.2. The number of ether oxygens (including phenoxy) is 1. The van der Waals surface area contributed by atoms with Crippen molar-refractivity contribution in [3.8, 4) is 17.9 Å². The Morgan fingerprint density at radius 3 is 2.17 bits per heavy atom. The third kappa shape index (κ3) is 4.64. The minimum absolute atomic E-state index is 0.0271. The number of carbonyl (C=O) groups excluding carboxylic acids is 1. The van der Waals surface area contributed by atoms with Gasteiger partial charge in [0.2, 0.25) is 0 Å². The maximum absolute atomic E-state index is 11.6. The highest BCUT2D eigenvalue weighted by molar-refractivity contribution is 9.10. The second-order valence-corrected chi connectivity index (χ2v) is 11.3. The van der Waals surface area contributed by atoms with Crippen LogP contribution in [0, 0.1) is 28.1 Å². The van der Waals surface area contributed by atoms with Gasteiger partial charge in [0.1, 0.15) is 17.9 Å². The van der Waals surface area contributed by atoms with Gasteiger partial charge in [0.05, 0.1) is 11.1 Å². The number of nitriles is 2. The third-order valence-electron chi connectivity index (χ3n) is 8.64. The first kappa shape index (κ1) is 25.5. The molecule has 2 bridgehead atoms. The van der Waals surface area contributed by atoms with Crippen LogP contribution in [0.1, 0.15) is 112 Å². The fourth-order valence-corrected chi connectivity index (χ4v) is 7.23. The summed E-state index contributed by atoms with van der Waals surface area (Å²) in [5.74, 6) is 0.0973. The van der Waals surface area contributed by atoms with Gasteiger partial charge < -0.3 is 4.74 Å². The summed E-state index contributed by atoms with van der Waals surface area (Å²) in [7, 11) is 0. The molecule has 2 aromatic carbocycles. The number of hydrogen-bond acceptors (Lipinski definition) is 4. The van der Waals surface area contributed by atoms with Crippen molar-refractivity contribution in [1.82, 2.24) is 0 Å². The second-order valence-electron chi connectivity index (χ2n) is 10.4. The van der Waals surface area contributed by atoms with Crippen molar-refractivity contribution in [3.05, 3.63) is 62.6 Å². The molecular formula is C30H33BrN2O2. The molecule has 0 saturated heterocycles. The van der Waals surface area contributed by atoms with Crippen molar-refractivity contribution in [2.45, 2.75) is 89.9 Å². The van der Waals surface area contributed by atoms with E-state index in [1.54, 1.807) is 19.1 Å². The molecule has 0 amide bonds. The molecule has 1 unspecified atom stereocenters. The van der Waals surface area contributed by atoms with Crippen molar-refractivity contribution in [2.24, 2.45) is 5.41 Å². The molecule has 3 aliphatic carbocycles.